The van der Waals surface area contributed by atoms with E-state index in [0.29, 0.717) is 0 Å². The fourth-order valence-corrected chi connectivity index (χ4v) is 3.32. The molecule has 1 fully saturated rings. The van der Waals surface area contributed by atoms with Gasteiger partial charge in [0.2, 0.25) is 0 Å². The molecule has 0 aliphatic carbocycles. The van der Waals surface area contributed by atoms with Crippen LogP contribution in [0.25, 0.3) is 0 Å². The van der Waals surface area contributed by atoms with Crippen molar-refractivity contribution in [1.82, 2.24) is 10.2 Å². The molecule has 1 aromatic carbocycles. The van der Waals surface area contributed by atoms with Gasteiger partial charge in [0, 0.05) is 13.1 Å². The molecular formula is C19H22N2O6. The van der Waals surface area contributed by atoms with Crippen LogP contribution in [0, 0.1) is 0 Å². The predicted molar refractivity (Wildman–Crippen MR) is 94.6 cm³/mol. The second-order valence-electron chi connectivity index (χ2n) is 6.51. The van der Waals surface area contributed by atoms with Gasteiger partial charge in [0.05, 0.1) is 6.61 Å². The van der Waals surface area contributed by atoms with Gasteiger partial charge in [-0.1, -0.05) is 30.3 Å². The number of carbonyl (C=O) groups is 3. The highest BCUT2D eigenvalue weighted by molar-refractivity contribution is 6.19. The minimum atomic E-state index is -1.03. The molecule has 144 valence electrons. The molecule has 2 aliphatic rings. The van der Waals surface area contributed by atoms with E-state index in [1.54, 1.807) is 6.92 Å². The molecule has 0 saturated carbocycles. The monoisotopic (exact) mass is 374 g/mol. The fraction of sp³-hybridized carbons (Fsp3) is 0.421. The third-order valence-corrected chi connectivity index (χ3v) is 4.83. The quantitative estimate of drug-likeness (QED) is 0.613. The maximum atomic E-state index is 12.2. The van der Waals surface area contributed by atoms with E-state index in [1.165, 1.54) is 4.90 Å². The molecule has 1 saturated heterocycles. The van der Waals surface area contributed by atoms with Gasteiger partial charge < -0.3 is 24.8 Å². The van der Waals surface area contributed by atoms with E-state index in [-0.39, 0.29) is 50.5 Å². The molecule has 2 heterocycles. The van der Waals surface area contributed by atoms with E-state index in [9.17, 15) is 19.5 Å². The molecular weight excluding hydrogens is 352 g/mol. The lowest BCUT2D eigenvalue weighted by atomic mass is 9.86. The van der Waals surface area contributed by atoms with Gasteiger partial charge in [-0.2, -0.15) is 0 Å². The van der Waals surface area contributed by atoms with E-state index in [2.05, 4.69) is 5.32 Å². The van der Waals surface area contributed by atoms with Crippen LogP contribution in [0.4, 0.5) is 4.79 Å². The Labute approximate surface area is 156 Å². The lowest BCUT2D eigenvalue weighted by molar-refractivity contribution is -0.140. The van der Waals surface area contributed by atoms with E-state index in [4.69, 9.17) is 9.47 Å². The van der Waals surface area contributed by atoms with Crippen LogP contribution in [0.3, 0.4) is 0 Å². The Hall–Kier alpha value is -3.03. The first kappa shape index (κ1) is 18.8. The maximum absolute atomic E-state index is 12.2. The van der Waals surface area contributed by atoms with E-state index < -0.39 is 23.5 Å². The number of aliphatic hydroxyl groups is 1. The normalized spacial score (nSPS) is 18.4. The number of piperidine rings is 1. The van der Waals surface area contributed by atoms with Crippen molar-refractivity contribution in [2.75, 3.05) is 19.7 Å². The van der Waals surface area contributed by atoms with E-state index in [0.717, 1.165) is 5.56 Å². The minimum absolute atomic E-state index is 0.108. The predicted octanol–water partition coefficient (Wildman–Crippen LogP) is 1.66. The number of aliphatic hydroxyl groups excluding tert-OH is 1. The van der Waals surface area contributed by atoms with Gasteiger partial charge in [-0.25, -0.2) is 9.59 Å². The summed E-state index contributed by atoms with van der Waals surface area (Å²) in [5, 5.41) is 13.2. The van der Waals surface area contributed by atoms with Gasteiger partial charge in [0.1, 0.15) is 17.9 Å². The third kappa shape index (κ3) is 3.74. The Balaban J connectivity index is 1.60. The van der Waals surface area contributed by atoms with Crippen molar-refractivity contribution in [3.63, 3.8) is 0 Å². The maximum Gasteiger partial charge on any atom is 0.410 e. The molecule has 8 heteroatoms. The summed E-state index contributed by atoms with van der Waals surface area (Å²) in [6, 6.07) is 9.36. The van der Waals surface area contributed by atoms with Gasteiger partial charge in [0.15, 0.2) is 5.57 Å². The Bertz CT molecular complexity index is 766. The Morgan fingerprint density at radius 1 is 1.19 bits per heavy atom. The van der Waals surface area contributed by atoms with Crippen molar-refractivity contribution in [2.24, 2.45) is 0 Å². The van der Waals surface area contributed by atoms with Gasteiger partial charge in [0.25, 0.3) is 5.91 Å². The Kier molecular flexibility index (Phi) is 5.34. The number of rotatable bonds is 4. The number of likely N-dealkylation sites (tertiary alicyclic amines) is 1. The van der Waals surface area contributed by atoms with Crippen LogP contribution in [0.1, 0.15) is 25.3 Å². The zero-order chi connectivity index (χ0) is 19.4. The lowest BCUT2D eigenvalue weighted by Gasteiger charge is -2.38. The Morgan fingerprint density at radius 2 is 1.85 bits per heavy atom. The fourth-order valence-electron chi connectivity index (χ4n) is 3.32. The summed E-state index contributed by atoms with van der Waals surface area (Å²) in [5.41, 5.74) is -0.492. The number of carbonyl (C=O) groups excluding carboxylic acids is 3. The third-order valence-electron chi connectivity index (χ3n) is 4.83. The summed E-state index contributed by atoms with van der Waals surface area (Å²) in [5.74, 6) is -1.79. The summed E-state index contributed by atoms with van der Waals surface area (Å²) in [7, 11) is 0. The lowest BCUT2D eigenvalue weighted by Crippen LogP contribution is -2.54. The average Bonchev–Trinajstić information content (AvgIpc) is 2.91. The number of amides is 2. The van der Waals surface area contributed by atoms with Gasteiger partial charge in [-0.05, 0) is 25.3 Å². The molecule has 8 nitrogen and oxygen atoms in total. The summed E-state index contributed by atoms with van der Waals surface area (Å²) in [6.07, 6.45) is 0.120. The van der Waals surface area contributed by atoms with Crippen LogP contribution in [0.2, 0.25) is 0 Å². The zero-order valence-electron chi connectivity index (χ0n) is 15.1. The smallest absolute Gasteiger partial charge is 0.410 e. The molecule has 1 aromatic rings. The van der Waals surface area contributed by atoms with E-state index in [1.807, 2.05) is 30.3 Å². The number of hydrogen-bond acceptors (Lipinski definition) is 6. The number of esters is 1. The van der Waals surface area contributed by atoms with Crippen molar-refractivity contribution < 1.29 is 29.0 Å². The first-order valence-corrected chi connectivity index (χ1v) is 8.86. The number of benzene rings is 1. The molecule has 2 amide bonds. The zero-order valence-corrected chi connectivity index (χ0v) is 15.1. The van der Waals surface area contributed by atoms with Crippen LogP contribution in [-0.2, 0) is 25.7 Å². The van der Waals surface area contributed by atoms with Gasteiger partial charge >= 0.3 is 12.1 Å². The van der Waals surface area contributed by atoms with Crippen molar-refractivity contribution in [3.05, 3.63) is 47.2 Å². The number of ether oxygens (including phenoxy) is 2. The summed E-state index contributed by atoms with van der Waals surface area (Å²) in [6.45, 7) is 2.48. The first-order chi connectivity index (χ1) is 13.0. The topological polar surface area (TPSA) is 105 Å². The van der Waals surface area contributed by atoms with Crippen molar-refractivity contribution in [3.8, 4) is 0 Å². The van der Waals surface area contributed by atoms with Crippen LogP contribution < -0.4 is 5.32 Å². The van der Waals surface area contributed by atoms with Crippen LogP contribution in [0.15, 0.2) is 41.7 Å². The molecule has 27 heavy (non-hydrogen) atoms. The molecule has 0 bridgehead atoms. The van der Waals surface area contributed by atoms with Crippen molar-refractivity contribution >= 4 is 18.0 Å². The number of nitrogens with zero attached hydrogens (tertiary/aromatic N) is 1. The van der Waals surface area contributed by atoms with E-state index >= 15 is 0 Å². The van der Waals surface area contributed by atoms with Gasteiger partial charge in [-0.3, -0.25) is 4.79 Å². The van der Waals surface area contributed by atoms with Crippen molar-refractivity contribution in [2.45, 2.75) is 31.9 Å². The molecule has 1 spiro atoms. The molecule has 2 aliphatic heterocycles. The standard InChI is InChI=1S/C19H22N2O6/c1-2-26-17(24)14-15(22)19(20-16(14)23)8-10-21(11-9-19)18(25)27-12-13-6-4-3-5-7-13/h3-7,22H,2,8-12H2,1H3,(H,20,23). The minimum Gasteiger partial charge on any atom is -0.509 e. The highest BCUT2D eigenvalue weighted by atomic mass is 16.6. The highest BCUT2D eigenvalue weighted by Crippen LogP contribution is 2.35. The average molecular weight is 374 g/mol. The van der Waals surface area contributed by atoms with Crippen molar-refractivity contribution in [1.29, 1.82) is 0 Å². The second-order valence-corrected chi connectivity index (χ2v) is 6.51. The largest absolute Gasteiger partial charge is 0.509 e. The van der Waals surface area contributed by atoms with Gasteiger partial charge in [-0.15, -0.1) is 0 Å². The van der Waals surface area contributed by atoms with Crippen LogP contribution in [0.5, 0.6) is 0 Å². The summed E-state index contributed by atoms with van der Waals surface area (Å²) in [4.78, 5) is 37.8. The SMILES string of the molecule is CCOC(=O)C1=C(O)C2(CCN(C(=O)OCc3ccccc3)CC2)NC1=O. The first-order valence-electron chi connectivity index (χ1n) is 8.86. The number of nitrogens with one attached hydrogen (secondary N) is 1. The molecule has 3 rings (SSSR count). The highest BCUT2D eigenvalue weighted by Gasteiger charge is 2.50. The molecule has 0 radical (unpaired) electrons. The molecule has 0 aromatic heterocycles. The van der Waals surface area contributed by atoms with Crippen LogP contribution in [-0.4, -0.2) is 53.2 Å². The molecule has 0 atom stereocenters. The molecule has 2 N–H and O–H groups in total. The summed E-state index contributed by atoms with van der Waals surface area (Å²) < 4.78 is 10.1. The Morgan fingerprint density at radius 3 is 2.48 bits per heavy atom. The van der Waals surface area contributed by atoms with Crippen LogP contribution >= 0.6 is 0 Å². The summed E-state index contributed by atoms with van der Waals surface area (Å²) >= 11 is 0. The number of hydrogen-bond donors (Lipinski definition) is 2. The second kappa shape index (κ2) is 7.69. The molecule has 0 unspecified atom stereocenters.